The van der Waals surface area contributed by atoms with Gasteiger partial charge in [-0.15, -0.1) is 0 Å². The number of sulfonamides is 1. The lowest BCUT2D eigenvalue weighted by molar-refractivity contribution is -0.149. The van der Waals surface area contributed by atoms with Gasteiger partial charge < -0.3 is 10.6 Å². The molecule has 5 rings (SSSR count). The van der Waals surface area contributed by atoms with Crippen molar-refractivity contribution in [2.75, 3.05) is 6.54 Å². The molecule has 0 aromatic heterocycles. The molecule has 0 aliphatic heterocycles. The van der Waals surface area contributed by atoms with Crippen molar-refractivity contribution in [2.24, 2.45) is 34.2 Å². The van der Waals surface area contributed by atoms with Crippen LogP contribution in [0, 0.1) is 29.1 Å². The van der Waals surface area contributed by atoms with Gasteiger partial charge in [-0.1, -0.05) is 26.0 Å². The van der Waals surface area contributed by atoms with Crippen molar-refractivity contribution >= 4 is 21.8 Å². The summed E-state index contributed by atoms with van der Waals surface area (Å²) in [6.07, 6.45) is 7.32. The monoisotopic (exact) mass is 461 g/mol. The molecule has 1 aromatic carbocycles. The van der Waals surface area contributed by atoms with Crippen LogP contribution in [-0.2, 0) is 26.0 Å². The van der Waals surface area contributed by atoms with Crippen molar-refractivity contribution < 1.29 is 18.0 Å². The number of primary sulfonamides is 1. The Hall–Kier alpha value is -1.93. The van der Waals surface area contributed by atoms with Crippen LogP contribution in [0.1, 0.15) is 57.9 Å². The van der Waals surface area contributed by atoms with Crippen LogP contribution >= 0.6 is 0 Å². The van der Waals surface area contributed by atoms with E-state index in [-0.39, 0.29) is 28.0 Å². The molecule has 0 unspecified atom stereocenters. The summed E-state index contributed by atoms with van der Waals surface area (Å²) in [5.74, 6) is 1.93. The average molecular weight is 462 g/mol. The summed E-state index contributed by atoms with van der Waals surface area (Å²) in [4.78, 5) is 26.3. The second kappa shape index (κ2) is 8.78. The summed E-state index contributed by atoms with van der Waals surface area (Å²) in [5, 5.41) is 11.2. The van der Waals surface area contributed by atoms with E-state index in [9.17, 15) is 18.0 Å². The Morgan fingerprint density at radius 3 is 2.03 bits per heavy atom. The number of nitrogens with one attached hydrogen (secondary N) is 2. The number of benzene rings is 1. The van der Waals surface area contributed by atoms with Crippen LogP contribution in [0.2, 0.25) is 0 Å². The molecule has 4 aliphatic carbocycles. The molecule has 4 bridgehead atoms. The Morgan fingerprint density at radius 1 is 1.03 bits per heavy atom. The van der Waals surface area contributed by atoms with E-state index < -0.39 is 16.1 Å². The van der Waals surface area contributed by atoms with Crippen molar-refractivity contribution in [2.45, 2.75) is 69.7 Å². The average Bonchev–Trinajstić information content (AvgIpc) is 2.70. The highest BCUT2D eigenvalue weighted by molar-refractivity contribution is 7.89. The maximum Gasteiger partial charge on any atom is 0.242 e. The maximum absolute atomic E-state index is 13.4. The first-order valence-electron chi connectivity index (χ1n) is 11.8. The standard InChI is InChI=1S/C24H35N3O4S/c1-15(2)21(22(28)26-8-7-16-3-5-20(6-4-16)32(25,30)31)27-23(29)24-12-17-9-18(13-24)11-19(10-17)14-24/h3-6,15,17-19,21H,7-14H2,1-2H3,(H,26,28)(H,27,29)(H2,25,30,31)/t17?,18?,19?,21-,24?/m1/s1. The fraction of sp³-hybridized carbons (Fsp3) is 0.667. The molecule has 0 heterocycles. The minimum Gasteiger partial charge on any atom is -0.354 e. The lowest BCUT2D eigenvalue weighted by atomic mass is 9.49. The van der Waals surface area contributed by atoms with Gasteiger partial charge in [-0.05, 0) is 86.3 Å². The van der Waals surface area contributed by atoms with Gasteiger partial charge in [0.25, 0.3) is 0 Å². The van der Waals surface area contributed by atoms with Crippen LogP contribution < -0.4 is 15.8 Å². The van der Waals surface area contributed by atoms with E-state index in [2.05, 4.69) is 10.6 Å². The summed E-state index contributed by atoms with van der Waals surface area (Å²) in [6, 6.07) is 5.77. The topological polar surface area (TPSA) is 118 Å². The van der Waals surface area contributed by atoms with Crippen LogP contribution in [0.5, 0.6) is 0 Å². The highest BCUT2D eigenvalue weighted by Crippen LogP contribution is 2.60. The van der Waals surface area contributed by atoms with E-state index in [0.717, 1.165) is 24.8 Å². The number of rotatable bonds is 8. The van der Waals surface area contributed by atoms with Gasteiger partial charge in [0.05, 0.1) is 4.90 Å². The van der Waals surface area contributed by atoms with Crippen molar-refractivity contribution in [3.8, 4) is 0 Å². The van der Waals surface area contributed by atoms with E-state index in [1.807, 2.05) is 13.8 Å². The minimum atomic E-state index is -3.71. The molecule has 0 spiro atoms. The van der Waals surface area contributed by atoms with E-state index in [4.69, 9.17) is 5.14 Å². The molecule has 4 N–H and O–H groups in total. The van der Waals surface area contributed by atoms with Gasteiger partial charge >= 0.3 is 0 Å². The van der Waals surface area contributed by atoms with Crippen LogP contribution in [0.15, 0.2) is 29.2 Å². The minimum absolute atomic E-state index is 0.0121. The Morgan fingerprint density at radius 2 is 1.56 bits per heavy atom. The Bertz CT molecular complexity index is 936. The lowest BCUT2D eigenvalue weighted by Crippen LogP contribution is -2.58. The second-order valence-corrected chi connectivity index (χ2v) is 12.2. The van der Waals surface area contributed by atoms with Crippen LogP contribution in [0.4, 0.5) is 0 Å². The number of hydrogen-bond acceptors (Lipinski definition) is 4. The molecule has 0 radical (unpaired) electrons. The van der Waals surface area contributed by atoms with E-state index in [1.54, 1.807) is 12.1 Å². The third-order valence-corrected chi connectivity index (χ3v) is 8.65. The van der Waals surface area contributed by atoms with Crippen LogP contribution in [0.3, 0.4) is 0 Å². The molecule has 8 heteroatoms. The van der Waals surface area contributed by atoms with Crippen molar-refractivity contribution in [1.29, 1.82) is 0 Å². The van der Waals surface area contributed by atoms with Gasteiger partial charge in [0.2, 0.25) is 21.8 Å². The first-order chi connectivity index (χ1) is 15.1. The third kappa shape index (κ3) is 4.86. The molecule has 4 saturated carbocycles. The molecule has 4 fully saturated rings. The zero-order valence-corrected chi connectivity index (χ0v) is 19.8. The second-order valence-electron chi connectivity index (χ2n) is 10.6. The highest BCUT2D eigenvalue weighted by atomic mass is 32.2. The normalized spacial score (nSPS) is 29.7. The van der Waals surface area contributed by atoms with Gasteiger partial charge in [0, 0.05) is 12.0 Å². The first-order valence-corrected chi connectivity index (χ1v) is 13.3. The number of amides is 2. The Kier molecular flexibility index (Phi) is 6.38. The molecule has 0 saturated heterocycles. The molecule has 1 aromatic rings. The summed E-state index contributed by atoms with van der Waals surface area (Å²) in [7, 11) is -3.71. The quantitative estimate of drug-likeness (QED) is 0.551. The lowest BCUT2D eigenvalue weighted by Gasteiger charge is -2.55. The van der Waals surface area contributed by atoms with Crippen LogP contribution in [0.25, 0.3) is 0 Å². The molecule has 32 heavy (non-hydrogen) atoms. The molecule has 2 amide bonds. The highest BCUT2D eigenvalue weighted by Gasteiger charge is 2.55. The Labute approximate surface area is 191 Å². The number of hydrogen-bond donors (Lipinski definition) is 3. The molecule has 4 aliphatic rings. The van der Waals surface area contributed by atoms with E-state index >= 15 is 0 Å². The molecule has 1 atom stereocenters. The first kappa shape index (κ1) is 23.2. The molecule has 7 nitrogen and oxygen atoms in total. The van der Waals surface area contributed by atoms with E-state index in [0.29, 0.717) is 30.7 Å². The number of carbonyl (C=O) groups excluding carboxylic acids is 2. The van der Waals surface area contributed by atoms with Gasteiger partial charge in [-0.3, -0.25) is 9.59 Å². The zero-order valence-electron chi connectivity index (χ0n) is 19.0. The van der Waals surface area contributed by atoms with Gasteiger partial charge in [0.15, 0.2) is 0 Å². The zero-order chi connectivity index (χ0) is 23.1. The molecule has 176 valence electrons. The predicted molar refractivity (Wildman–Crippen MR) is 122 cm³/mol. The van der Waals surface area contributed by atoms with Gasteiger partial charge in [0.1, 0.15) is 6.04 Å². The number of carbonyl (C=O) groups is 2. The third-order valence-electron chi connectivity index (χ3n) is 7.72. The molecular formula is C24H35N3O4S. The summed E-state index contributed by atoms with van der Waals surface area (Å²) in [6.45, 7) is 4.32. The molecular weight excluding hydrogens is 426 g/mol. The Balaban J connectivity index is 1.33. The maximum atomic E-state index is 13.4. The summed E-state index contributed by atoms with van der Waals surface area (Å²) < 4.78 is 22.7. The van der Waals surface area contributed by atoms with Gasteiger partial charge in [-0.25, -0.2) is 13.6 Å². The largest absolute Gasteiger partial charge is 0.354 e. The van der Waals surface area contributed by atoms with E-state index in [1.165, 1.54) is 31.4 Å². The van der Waals surface area contributed by atoms with Crippen molar-refractivity contribution in [3.63, 3.8) is 0 Å². The predicted octanol–water partition coefficient (Wildman–Crippen LogP) is 2.35. The fourth-order valence-corrected chi connectivity index (χ4v) is 7.02. The smallest absolute Gasteiger partial charge is 0.242 e. The summed E-state index contributed by atoms with van der Waals surface area (Å²) in [5.41, 5.74) is 0.629. The fourth-order valence-electron chi connectivity index (χ4n) is 6.50. The van der Waals surface area contributed by atoms with Crippen LogP contribution in [-0.4, -0.2) is 32.8 Å². The SMILES string of the molecule is CC(C)[C@@H](NC(=O)C12CC3CC(CC(C3)C1)C2)C(=O)NCCc1ccc(S(N)(=O)=O)cc1. The number of nitrogens with two attached hydrogens (primary N) is 1. The van der Waals surface area contributed by atoms with Gasteiger partial charge in [-0.2, -0.15) is 0 Å². The van der Waals surface area contributed by atoms with Crippen molar-refractivity contribution in [3.05, 3.63) is 29.8 Å². The van der Waals surface area contributed by atoms with Crippen molar-refractivity contribution in [1.82, 2.24) is 10.6 Å². The summed E-state index contributed by atoms with van der Waals surface area (Å²) >= 11 is 0.